The molecular formula is C15H16ClF. The molecule has 0 aliphatic heterocycles. The molecule has 0 N–H and O–H groups in total. The Balaban J connectivity index is 2.07. The minimum Gasteiger partial charge on any atom is -0.205 e. The molecule has 90 valence electrons. The first kappa shape index (κ1) is 12.4. The summed E-state index contributed by atoms with van der Waals surface area (Å²) in [6.07, 6.45) is 5.88. The van der Waals surface area contributed by atoms with E-state index in [0.717, 1.165) is 6.42 Å². The number of allylic oxidation sites excluding steroid dienone is 4. The zero-order chi connectivity index (χ0) is 12.4. The third kappa shape index (κ3) is 2.78. The van der Waals surface area contributed by atoms with Crippen LogP contribution in [0.15, 0.2) is 41.5 Å². The van der Waals surface area contributed by atoms with Gasteiger partial charge in [-0.05, 0) is 30.4 Å². The summed E-state index contributed by atoms with van der Waals surface area (Å²) in [7, 11) is 0. The maximum absolute atomic E-state index is 13.7. The van der Waals surface area contributed by atoms with Crippen molar-refractivity contribution in [1.82, 2.24) is 0 Å². The van der Waals surface area contributed by atoms with Crippen LogP contribution in [0, 0.1) is 11.7 Å². The van der Waals surface area contributed by atoms with Crippen molar-refractivity contribution in [1.29, 1.82) is 0 Å². The van der Waals surface area contributed by atoms with E-state index in [0.29, 0.717) is 17.9 Å². The van der Waals surface area contributed by atoms with Gasteiger partial charge in [-0.15, -0.1) is 0 Å². The first-order chi connectivity index (χ1) is 8.08. The van der Waals surface area contributed by atoms with E-state index in [1.807, 2.05) is 0 Å². The second-order valence-corrected chi connectivity index (χ2v) is 5.19. The molecule has 2 heteroatoms. The Morgan fingerprint density at radius 3 is 2.71 bits per heavy atom. The molecule has 1 aromatic carbocycles. The van der Waals surface area contributed by atoms with Gasteiger partial charge in [0.1, 0.15) is 5.82 Å². The average molecular weight is 251 g/mol. The van der Waals surface area contributed by atoms with Gasteiger partial charge in [0.25, 0.3) is 0 Å². The minimum atomic E-state index is -0.284. The molecular weight excluding hydrogens is 235 g/mol. The Morgan fingerprint density at radius 1 is 1.29 bits per heavy atom. The van der Waals surface area contributed by atoms with Gasteiger partial charge in [-0.1, -0.05) is 60.9 Å². The van der Waals surface area contributed by atoms with E-state index in [1.54, 1.807) is 18.2 Å². The van der Waals surface area contributed by atoms with Crippen molar-refractivity contribution in [3.8, 4) is 0 Å². The number of benzene rings is 1. The molecule has 0 bridgehead atoms. The van der Waals surface area contributed by atoms with Crippen molar-refractivity contribution in [2.24, 2.45) is 5.92 Å². The van der Waals surface area contributed by atoms with Gasteiger partial charge in [-0.2, -0.15) is 0 Å². The van der Waals surface area contributed by atoms with Crippen molar-refractivity contribution >= 4 is 11.6 Å². The van der Waals surface area contributed by atoms with Crippen molar-refractivity contribution in [3.05, 3.63) is 57.9 Å². The summed E-state index contributed by atoms with van der Waals surface area (Å²) in [6, 6.07) is 5.18. The molecule has 0 heterocycles. The van der Waals surface area contributed by atoms with Crippen LogP contribution in [0.2, 0.25) is 5.02 Å². The summed E-state index contributed by atoms with van der Waals surface area (Å²) >= 11 is 5.77. The highest BCUT2D eigenvalue weighted by Crippen LogP contribution is 2.29. The van der Waals surface area contributed by atoms with Gasteiger partial charge in [0.05, 0.1) is 5.02 Å². The summed E-state index contributed by atoms with van der Waals surface area (Å²) < 4.78 is 13.7. The normalized spacial score (nSPS) is 15.1. The molecule has 1 aliphatic rings. The highest BCUT2D eigenvalue weighted by molar-refractivity contribution is 6.30. The van der Waals surface area contributed by atoms with E-state index in [4.69, 9.17) is 11.6 Å². The number of hydrogen-bond acceptors (Lipinski definition) is 0. The van der Waals surface area contributed by atoms with Crippen LogP contribution in [0.25, 0.3) is 0 Å². The minimum absolute atomic E-state index is 0.207. The van der Waals surface area contributed by atoms with Crippen molar-refractivity contribution < 1.29 is 4.39 Å². The largest absolute Gasteiger partial charge is 0.205 e. The predicted octanol–water partition coefficient (Wildman–Crippen LogP) is 4.93. The first-order valence-electron chi connectivity index (χ1n) is 5.89. The second-order valence-electron chi connectivity index (χ2n) is 4.79. The van der Waals surface area contributed by atoms with E-state index in [2.05, 4.69) is 26.0 Å². The fourth-order valence-electron chi connectivity index (χ4n) is 2.05. The Hall–Kier alpha value is -1.08. The number of rotatable bonds is 3. The molecule has 1 aromatic rings. The molecule has 0 saturated heterocycles. The molecule has 0 unspecified atom stereocenters. The Bertz CT molecular complexity index is 484. The van der Waals surface area contributed by atoms with Crippen LogP contribution in [0.4, 0.5) is 4.39 Å². The lowest BCUT2D eigenvalue weighted by Crippen LogP contribution is -1.96. The molecule has 0 nitrogen and oxygen atoms in total. The van der Waals surface area contributed by atoms with E-state index in [9.17, 15) is 4.39 Å². The molecule has 2 rings (SSSR count). The highest BCUT2D eigenvalue weighted by atomic mass is 35.5. The van der Waals surface area contributed by atoms with Crippen LogP contribution >= 0.6 is 11.6 Å². The van der Waals surface area contributed by atoms with Gasteiger partial charge in [0.2, 0.25) is 0 Å². The van der Waals surface area contributed by atoms with Crippen LogP contribution in [-0.2, 0) is 6.42 Å². The fraction of sp³-hybridized carbons (Fsp3) is 0.333. The van der Waals surface area contributed by atoms with Gasteiger partial charge in [0, 0.05) is 0 Å². The molecule has 0 radical (unpaired) electrons. The number of halogens is 2. The van der Waals surface area contributed by atoms with Gasteiger partial charge in [0.15, 0.2) is 0 Å². The van der Waals surface area contributed by atoms with Crippen LogP contribution in [0.5, 0.6) is 0 Å². The summed E-state index contributed by atoms with van der Waals surface area (Å²) in [5.41, 5.74) is 3.36. The van der Waals surface area contributed by atoms with E-state index < -0.39 is 0 Å². The Labute approximate surface area is 107 Å². The summed E-state index contributed by atoms with van der Waals surface area (Å²) in [5, 5.41) is 0.207. The lowest BCUT2D eigenvalue weighted by molar-refractivity contribution is 0.613. The van der Waals surface area contributed by atoms with Crippen molar-refractivity contribution in [2.75, 3.05) is 0 Å². The van der Waals surface area contributed by atoms with Crippen molar-refractivity contribution in [2.45, 2.75) is 26.7 Å². The lowest BCUT2D eigenvalue weighted by Gasteiger charge is -2.09. The smallest absolute Gasteiger partial charge is 0.145 e. The van der Waals surface area contributed by atoms with E-state index in [-0.39, 0.29) is 10.8 Å². The molecule has 0 atom stereocenters. The molecule has 0 aromatic heterocycles. The molecule has 0 saturated carbocycles. The molecule has 0 spiro atoms. The van der Waals surface area contributed by atoms with E-state index >= 15 is 0 Å². The van der Waals surface area contributed by atoms with Gasteiger partial charge in [-0.3, -0.25) is 0 Å². The first-order valence-corrected chi connectivity index (χ1v) is 6.27. The molecule has 1 aliphatic carbocycles. The fourth-order valence-corrected chi connectivity index (χ4v) is 2.25. The van der Waals surface area contributed by atoms with Gasteiger partial charge < -0.3 is 0 Å². The molecule has 0 amide bonds. The Morgan fingerprint density at radius 2 is 2.06 bits per heavy atom. The third-order valence-corrected chi connectivity index (χ3v) is 3.45. The van der Waals surface area contributed by atoms with Gasteiger partial charge >= 0.3 is 0 Å². The SMILES string of the molecule is CC(C)C1=CC=C(Cc2cccc(Cl)c2F)C1. The Kier molecular flexibility index (Phi) is 3.68. The standard InChI is InChI=1S/C15H16ClF/c1-10(2)12-7-6-11(8-12)9-13-4-3-5-14(16)15(13)17/h3-7,10H,8-9H2,1-2H3. The predicted molar refractivity (Wildman–Crippen MR) is 70.7 cm³/mol. The lowest BCUT2D eigenvalue weighted by atomic mass is 9.97. The molecule has 0 fully saturated rings. The number of hydrogen-bond donors (Lipinski definition) is 0. The highest BCUT2D eigenvalue weighted by Gasteiger charge is 2.14. The van der Waals surface area contributed by atoms with Crippen LogP contribution < -0.4 is 0 Å². The maximum Gasteiger partial charge on any atom is 0.145 e. The van der Waals surface area contributed by atoms with Crippen molar-refractivity contribution in [3.63, 3.8) is 0 Å². The monoisotopic (exact) mass is 250 g/mol. The maximum atomic E-state index is 13.7. The van der Waals surface area contributed by atoms with Crippen LogP contribution in [0.3, 0.4) is 0 Å². The topological polar surface area (TPSA) is 0 Å². The summed E-state index contributed by atoms with van der Waals surface area (Å²) in [6.45, 7) is 4.37. The summed E-state index contributed by atoms with van der Waals surface area (Å²) in [5.74, 6) is 0.279. The van der Waals surface area contributed by atoms with Crippen LogP contribution in [-0.4, -0.2) is 0 Å². The van der Waals surface area contributed by atoms with Crippen LogP contribution in [0.1, 0.15) is 25.8 Å². The quantitative estimate of drug-likeness (QED) is 0.713. The van der Waals surface area contributed by atoms with E-state index in [1.165, 1.54) is 11.1 Å². The summed E-state index contributed by atoms with van der Waals surface area (Å²) in [4.78, 5) is 0. The zero-order valence-electron chi connectivity index (χ0n) is 10.1. The third-order valence-electron chi connectivity index (χ3n) is 3.15. The average Bonchev–Trinajstić information content (AvgIpc) is 2.73. The molecule has 17 heavy (non-hydrogen) atoms. The van der Waals surface area contributed by atoms with Gasteiger partial charge in [-0.25, -0.2) is 4.39 Å². The second kappa shape index (κ2) is 5.05. The zero-order valence-corrected chi connectivity index (χ0v) is 10.9.